The van der Waals surface area contributed by atoms with Gasteiger partial charge >= 0.3 is 5.97 Å². The molecule has 0 aliphatic carbocycles. The molecule has 2 aromatic rings. The second-order valence-electron chi connectivity index (χ2n) is 4.76. The van der Waals surface area contributed by atoms with E-state index in [2.05, 4.69) is 20.8 Å². The lowest BCUT2D eigenvalue weighted by molar-refractivity contribution is -0.143. The number of carbonyl (C=O) groups is 2. The van der Waals surface area contributed by atoms with Crippen molar-refractivity contribution in [3.05, 3.63) is 30.3 Å². The molecule has 0 saturated heterocycles. The number of thioether (sulfide) groups is 1. The van der Waals surface area contributed by atoms with Crippen LogP contribution in [0.3, 0.4) is 0 Å². The molecule has 1 heterocycles. The van der Waals surface area contributed by atoms with Gasteiger partial charge < -0.3 is 10.1 Å². The van der Waals surface area contributed by atoms with Gasteiger partial charge in [-0.25, -0.2) is 0 Å². The number of tetrazole rings is 1. The van der Waals surface area contributed by atoms with E-state index in [1.807, 2.05) is 30.3 Å². The maximum Gasteiger partial charge on any atom is 0.305 e. The molecule has 1 amide bonds. The third kappa shape index (κ3) is 5.65. The zero-order valence-corrected chi connectivity index (χ0v) is 14.2. The summed E-state index contributed by atoms with van der Waals surface area (Å²) in [6.07, 6.45) is 0.852. The molecule has 1 aromatic heterocycles. The fraction of sp³-hybridized carbons (Fsp3) is 0.400. The van der Waals surface area contributed by atoms with Crippen LogP contribution in [0.25, 0.3) is 5.69 Å². The lowest BCUT2D eigenvalue weighted by atomic mass is 10.3. The molecular formula is C15H19N5O3S. The number of rotatable bonds is 9. The van der Waals surface area contributed by atoms with Crippen molar-refractivity contribution >= 4 is 23.6 Å². The molecule has 0 aliphatic heterocycles. The van der Waals surface area contributed by atoms with Gasteiger partial charge in [0.2, 0.25) is 11.1 Å². The number of carbonyl (C=O) groups excluding carboxylic acids is 2. The van der Waals surface area contributed by atoms with Crippen LogP contribution in [0.2, 0.25) is 0 Å². The Morgan fingerprint density at radius 1 is 1.29 bits per heavy atom. The third-order valence-electron chi connectivity index (χ3n) is 2.96. The van der Waals surface area contributed by atoms with Crippen molar-refractivity contribution in [2.75, 3.05) is 18.9 Å². The number of nitrogens with zero attached hydrogens (tertiary/aromatic N) is 4. The van der Waals surface area contributed by atoms with Crippen LogP contribution in [0.15, 0.2) is 35.5 Å². The molecule has 0 aliphatic rings. The molecule has 9 heteroatoms. The summed E-state index contributed by atoms with van der Waals surface area (Å²) >= 11 is 1.25. The number of para-hydroxylation sites is 1. The average Bonchev–Trinajstić information content (AvgIpc) is 3.06. The molecule has 8 nitrogen and oxygen atoms in total. The Kier molecular flexibility index (Phi) is 7.21. The summed E-state index contributed by atoms with van der Waals surface area (Å²) in [6, 6.07) is 9.46. The number of benzene rings is 1. The second kappa shape index (κ2) is 9.66. The van der Waals surface area contributed by atoms with Crippen molar-refractivity contribution in [3.63, 3.8) is 0 Å². The van der Waals surface area contributed by atoms with Gasteiger partial charge in [0, 0.05) is 13.0 Å². The number of hydrogen-bond donors (Lipinski definition) is 1. The van der Waals surface area contributed by atoms with E-state index >= 15 is 0 Å². The molecule has 0 atom stereocenters. The molecular weight excluding hydrogens is 330 g/mol. The van der Waals surface area contributed by atoms with Crippen LogP contribution in [0, 0.1) is 0 Å². The number of esters is 1. The van der Waals surface area contributed by atoms with Crippen LogP contribution in [-0.4, -0.2) is 51.0 Å². The molecule has 0 unspecified atom stereocenters. The molecule has 0 bridgehead atoms. The monoisotopic (exact) mass is 349 g/mol. The molecule has 24 heavy (non-hydrogen) atoms. The molecule has 0 radical (unpaired) electrons. The summed E-state index contributed by atoms with van der Waals surface area (Å²) in [4.78, 5) is 23.0. The van der Waals surface area contributed by atoms with E-state index in [0.29, 0.717) is 31.1 Å². The summed E-state index contributed by atoms with van der Waals surface area (Å²) < 4.78 is 6.40. The number of amides is 1. The number of ether oxygens (including phenoxy) is 1. The molecule has 0 fully saturated rings. The summed E-state index contributed by atoms with van der Waals surface area (Å²) in [6.45, 7) is 2.57. The summed E-state index contributed by atoms with van der Waals surface area (Å²) in [5.41, 5.74) is 0.833. The SMILES string of the molecule is CCOC(=O)CCCNC(=O)CSc1nnnn1-c1ccccc1. The van der Waals surface area contributed by atoms with E-state index in [4.69, 9.17) is 4.74 Å². The molecule has 1 aromatic carbocycles. The molecule has 2 rings (SSSR count). The smallest absolute Gasteiger partial charge is 0.305 e. The summed E-state index contributed by atoms with van der Waals surface area (Å²) in [5, 5.41) is 14.8. The van der Waals surface area contributed by atoms with E-state index in [1.165, 1.54) is 11.8 Å². The van der Waals surface area contributed by atoms with Crippen molar-refractivity contribution in [2.45, 2.75) is 24.9 Å². The topological polar surface area (TPSA) is 99.0 Å². The fourth-order valence-corrected chi connectivity index (χ4v) is 2.60. The van der Waals surface area contributed by atoms with Crippen LogP contribution in [-0.2, 0) is 14.3 Å². The Balaban J connectivity index is 1.73. The average molecular weight is 349 g/mol. The summed E-state index contributed by atoms with van der Waals surface area (Å²) in [5.74, 6) is -0.179. The van der Waals surface area contributed by atoms with Gasteiger partial charge in [0.25, 0.3) is 0 Å². The van der Waals surface area contributed by atoms with Crippen LogP contribution < -0.4 is 5.32 Å². The highest BCUT2D eigenvalue weighted by atomic mass is 32.2. The van der Waals surface area contributed by atoms with E-state index in [0.717, 1.165) is 5.69 Å². The highest BCUT2D eigenvalue weighted by Gasteiger charge is 2.11. The Labute approximate surface area is 144 Å². The highest BCUT2D eigenvalue weighted by Crippen LogP contribution is 2.17. The number of nitrogens with one attached hydrogen (secondary N) is 1. The minimum atomic E-state index is -0.247. The third-order valence-corrected chi connectivity index (χ3v) is 3.88. The van der Waals surface area contributed by atoms with Crippen LogP contribution in [0.4, 0.5) is 0 Å². The van der Waals surface area contributed by atoms with Crippen molar-refractivity contribution < 1.29 is 14.3 Å². The Bertz CT molecular complexity index is 662. The zero-order chi connectivity index (χ0) is 17.2. The quantitative estimate of drug-likeness (QED) is 0.413. The van der Waals surface area contributed by atoms with E-state index in [1.54, 1.807) is 11.6 Å². The van der Waals surface area contributed by atoms with Gasteiger partial charge in [0.05, 0.1) is 18.0 Å². The zero-order valence-electron chi connectivity index (χ0n) is 13.3. The van der Waals surface area contributed by atoms with E-state index in [9.17, 15) is 9.59 Å². The maximum absolute atomic E-state index is 11.8. The van der Waals surface area contributed by atoms with Gasteiger partial charge in [-0.15, -0.1) is 5.10 Å². The first kappa shape index (κ1) is 17.9. The molecule has 0 spiro atoms. The fourth-order valence-electron chi connectivity index (χ4n) is 1.87. The van der Waals surface area contributed by atoms with Gasteiger partial charge in [-0.1, -0.05) is 30.0 Å². The standard InChI is InChI=1S/C15H19N5O3S/c1-2-23-14(22)9-6-10-16-13(21)11-24-15-17-18-19-20(15)12-7-4-3-5-8-12/h3-5,7-8H,2,6,9-11H2,1H3,(H,16,21). The predicted molar refractivity (Wildman–Crippen MR) is 88.8 cm³/mol. The second-order valence-corrected chi connectivity index (χ2v) is 5.70. The minimum absolute atomic E-state index is 0.133. The first-order chi connectivity index (χ1) is 11.7. The van der Waals surface area contributed by atoms with Crippen LogP contribution >= 0.6 is 11.8 Å². The van der Waals surface area contributed by atoms with Gasteiger partial charge in [0.15, 0.2) is 0 Å². The number of aromatic nitrogens is 4. The van der Waals surface area contributed by atoms with Crippen molar-refractivity contribution in [2.24, 2.45) is 0 Å². The van der Waals surface area contributed by atoms with E-state index < -0.39 is 0 Å². The first-order valence-electron chi connectivity index (χ1n) is 7.59. The maximum atomic E-state index is 11.8. The van der Waals surface area contributed by atoms with Gasteiger partial charge in [-0.3, -0.25) is 9.59 Å². The number of hydrogen-bond acceptors (Lipinski definition) is 7. The van der Waals surface area contributed by atoms with Crippen molar-refractivity contribution in [1.82, 2.24) is 25.5 Å². The first-order valence-corrected chi connectivity index (χ1v) is 8.58. The van der Waals surface area contributed by atoms with Crippen molar-refractivity contribution in [1.29, 1.82) is 0 Å². The Morgan fingerprint density at radius 2 is 2.08 bits per heavy atom. The van der Waals surface area contributed by atoms with Gasteiger partial charge in [-0.05, 0) is 35.9 Å². The van der Waals surface area contributed by atoms with Gasteiger partial charge in [-0.2, -0.15) is 4.68 Å². The Hall–Kier alpha value is -2.42. The molecule has 0 saturated carbocycles. The van der Waals surface area contributed by atoms with Gasteiger partial charge in [0.1, 0.15) is 0 Å². The molecule has 1 N–H and O–H groups in total. The molecule has 128 valence electrons. The lowest BCUT2D eigenvalue weighted by Crippen LogP contribution is -2.26. The lowest BCUT2D eigenvalue weighted by Gasteiger charge is -2.06. The van der Waals surface area contributed by atoms with E-state index in [-0.39, 0.29) is 17.6 Å². The minimum Gasteiger partial charge on any atom is -0.466 e. The normalized spacial score (nSPS) is 10.4. The largest absolute Gasteiger partial charge is 0.466 e. The van der Waals surface area contributed by atoms with Crippen molar-refractivity contribution in [3.8, 4) is 5.69 Å². The predicted octanol–water partition coefficient (Wildman–Crippen LogP) is 1.21. The summed E-state index contributed by atoms with van der Waals surface area (Å²) in [7, 11) is 0. The highest BCUT2D eigenvalue weighted by molar-refractivity contribution is 7.99. The van der Waals surface area contributed by atoms with Crippen LogP contribution in [0.5, 0.6) is 0 Å². The van der Waals surface area contributed by atoms with Crippen LogP contribution in [0.1, 0.15) is 19.8 Å². The Morgan fingerprint density at radius 3 is 2.83 bits per heavy atom.